The molecule has 0 spiro atoms. The zero-order chi connectivity index (χ0) is 18.4. The molecule has 26 heavy (non-hydrogen) atoms. The first kappa shape index (κ1) is 18.2. The average molecular weight is 389 g/mol. The van der Waals surface area contributed by atoms with Gasteiger partial charge in [0.2, 0.25) is 11.2 Å². The smallest absolute Gasteiger partial charge is 0.315 e. The van der Waals surface area contributed by atoms with Crippen LogP contribution in [0.25, 0.3) is 0 Å². The number of hydrogen-bond donors (Lipinski definition) is 0. The van der Waals surface area contributed by atoms with E-state index in [2.05, 4.69) is 9.97 Å². The van der Waals surface area contributed by atoms with Gasteiger partial charge < -0.3 is 9.15 Å². The van der Waals surface area contributed by atoms with E-state index in [1.54, 1.807) is 42.7 Å². The van der Waals surface area contributed by atoms with E-state index >= 15 is 0 Å². The summed E-state index contributed by atoms with van der Waals surface area (Å²) in [5.41, 5.74) is 0.310. The van der Waals surface area contributed by atoms with Crippen molar-refractivity contribution in [1.29, 1.82) is 0 Å². The molecular formula is C18H13ClN2O4S. The fraction of sp³-hybridized carbons (Fsp3) is 0.111. The van der Waals surface area contributed by atoms with Crippen molar-refractivity contribution >= 4 is 29.3 Å². The van der Waals surface area contributed by atoms with Gasteiger partial charge in [-0.3, -0.25) is 9.59 Å². The molecule has 1 aromatic carbocycles. The molecule has 0 N–H and O–H groups in total. The summed E-state index contributed by atoms with van der Waals surface area (Å²) in [7, 11) is 0. The predicted molar refractivity (Wildman–Crippen MR) is 97.4 cm³/mol. The summed E-state index contributed by atoms with van der Waals surface area (Å²) in [6.07, 6.45) is 4.44. The zero-order valence-corrected chi connectivity index (χ0v) is 15.0. The van der Waals surface area contributed by atoms with Crippen LogP contribution in [0.4, 0.5) is 0 Å². The minimum atomic E-state index is -0.556. The molecule has 0 saturated carbocycles. The van der Waals surface area contributed by atoms with Gasteiger partial charge in [0.05, 0.1) is 12.2 Å². The van der Waals surface area contributed by atoms with Gasteiger partial charge in [0.25, 0.3) is 0 Å². The normalized spacial score (nSPS) is 10.5. The molecule has 0 aliphatic carbocycles. The maximum atomic E-state index is 12.1. The van der Waals surface area contributed by atoms with Gasteiger partial charge in [0, 0.05) is 23.5 Å². The lowest BCUT2D eigenvalue weighted by atomic mass is 10.1. The maximum Gasteiger partial charge on any atom is 0.315 e. The molecule has 3 aromatic rings. The predicted octanol–water partition coefficient (Wildman–Crippen LogP) is 3.52. The number of carbonyl (C=O) groups excluding carboxylic acids is 1. The molecule has 0 saturated heterocycles. The number of rotatable bonds is 6. The van der Waals surface area contributed by atoms with Gasteiger partial charge in [0.1, 0.15) is 12.0 Å². The second-order valence-electron chi connectivity index (χ2n) is 5.17. The number of benzene rings is 1. The van der Waals surface area contributed by atoms with Gasteiger partial charge in [-0.1, -0.05) is 35.5 Å². The molecule has 0 fully saturated rings. The van der Waals surface area contributed by atoms with Crippen LogP contribution in [-0.2, 0) is 17.0 Å². The Kier molecular flexibility index (Phi) is 6.04. The highest BCUT2D eigenvalue weighted by molar-refractivity contribution is 7.98. The maximum absolute atomic E-state index is 12.1. The Balaban J connectivity index is 1.59. The summed E-state index contributed by atoms with van der Waals surface area (Å²) in [4.78, 5) is 32.2. The Labute approximate surface area is 158 Å². The molecule has 0 atom stereocenters. The van der Waals surface area contributed by atoms with Crippen molar-refractivity contribution in [3.63, 3.8) is 0 Å². The van der Waals surface area contributed by atoms with Crippen LogP contribution in [-0.4, -0.2) is 15.9 Å². The molecule has 132 valence electrons. The van der Waals surface area contributed by atoms with Crippen LogP contribution in [0.5, 0.6) is 5.75 Å². The van der Waals surface area contributed by atoms with E-state index in [0.29, 0.717) is 21.7 Å². The van der Waals surface area contributed by atoms with Crippen LogP contribution in [0, 0.1) is 0 Å². The van der Waals surface area contributed by atoms with Gasteiger partial charge in [0.15, 0.2) is 5.16 Å². The second kappa shape index (κ2) is 8.64. The summed E-state index contributed by atoms with van der Waals surface area (Å²) in [5.74, 6) is 0.121. The molecule has 0 aliphatic heterocycles. The third-order valence-corrected chi connectivity index (χ3v) is 4.37. The van der Waals surface area contributed by atoms with E-state index in [4.69, 9.17) is 20.8 Å². The lowest BCUT2D eigenvalue weighted by Crippen LogP contribution is -2.16. The first-order chi connectivity index (χ1) is 12.6. The van der Waals surface area contributed by atoms with Crippen LogP contribution in [0.3, 0.4) is 0 Å². The van der Waals surface area contributed by atoms with E-state index in [-0.39, 0.29) is 12.2 Å². The average Bonchev–Trinajstić information content (AvgIpc) is 2.65. The Morgan fingerprint density at radius 1 is 1.19 bits per heavy atom. The van der Waals surface area contributed by atoms with Crippen LogP contribution in [0.15, 0.2) is 69.4 Å². The summed E-state index contributed by atoms with van der Waals surface area (Å²) in [6, 6.07) is 9.82. The first-order valence-corrected chi connectivity index (χ1v) is 8.93. The monoisotopic (exact) mass is 388 g/mol. The quantitative estimate of drug-likeness (QED) is 0.363. The Hall–Kier alpha value is -2.64. The van der Waals surface area contributed by atoms with Gasteiger partial charge in [-0.15, -0.1) is 0 Å². The highest BCUT2D eigenvalue weighted by atomic mass is 35.5. The lowest BCUT2D eigenvalue weighted by Gasteiger charge is -2.05. The minimum Gasteiger partial charge on any atom is -0.464 e. The highest BCUT2D eigenvalue weighted by Crippen LogP contribution is 2.19. The zero-order valence-electron chi connectivity index (χ0n) is 13.4. The topological polar surface area (TPSA) is 82.3 Å². The molecule has 0 aliphatic rings. The van der Waals surface area contributed by atoms with E-state index in [1.807, 2.05) is 0 Å². The summed E-state index contributed by atoms with van der Waals surface area (Å²) in [6.45, 7) is 0. The third kappa shape index (κ3) is 5.18. The van der Waals surface area contributed by atoms with Gasteiger partial charge >= 0.3 is 5.97 Å². The van der Waals surface area contributed by atoms with Gasteiger partial charge in [-0.05, 0) is 23.8 Å². The lowest BCUT2D eigenvalue weighted by molar-refractivity contribution is -0.133. The van der Waals surface area contributed by atoms with E-state index in [9.17, 15) is 9.59 Å². The molecule has 0 bridgehead atoms. The van der Waals surface area contributed by atoms with Crippen LogP contribution in [0.2, 0.25) is 5.02 Å². The number of hydrogen-bond acceptors (Lipinski definition) is 7. The SMILES string of the molecule is O=C(Cc1ccc(Cl)cc1)Oc1coc(CSc2ncccn2)cc1=O. The van der Waals surface area contributed by atoms with Crippen LogP contribution < -0.4 is 10.2 Å². The standard InChI is InChI=1S/C18H13ClN2O4S/c19-13-4-2-12(3-5-13)8-17(23)25-16-10-24-14(9-15(16)22)11-26-18-20-6-1-7-21-18/h1-7,9-10H,8,11H2. The first-order valence-electron chi connectivity index (χ1n) is 7.57. The molecule has 0 unspecified atom stereocenters. The molecular weight excluding hydrogens is 376 g/mol. The van der Waals surface area contributed by atoms with Crippen LogP contribution in [0.1, 0.15) is 11.3 Å². The molecule has 6 nitrogen and oxygen atoms in total. The summed E-state index contributed by atoms with van der Waals surface area (Å²) < 4.78 is 10.4. The van der Waals surface area contributed by atoms with Crippen molar-refractivity contribution in [3.8, 4) is 5.75 Å². The number of halogens is 1. The molecule has 2 aromatic heterocycles. The fourth-order valence-corrected chi connectivity index (χ4v) is 2.83. The molecule has 2 heterocycles. The van der Waals surface area contributed by atoms with E-state index in [1.165, 1.54) is 17.8 Å². The summed E-state index contributed by atoms with van der Waals surface area (Å²) in [5, 5.41) is 1.16. The van der Waals surface area contributed by atoms with E-state index in [0.717, 1.165) is 11.8 Å². The number of carbonyl (C=O) groups is 1. The largest absolute Gasteiger partial charge is 0.464 e. The Morgan fingerprint density at radius 2 is 1.92 bits per heavy atom. The summed E-state index contributed by atoms with van der Waals surface area (Å²) >= 11 is 7.13. The number of esters is 1. The van der Waals surface area contributed by atoms with Crippen LogP contribution >= 0.6 is 23.4 Å². The molecule has 0 radical (unpaired) electrons. The minimum absolute atomic E-state index is 0.0273. The number of nitrogens with zero attached hydrogens (tertiary/aromatic N) is 2. The highest BCUT2D eigenvalue weighted by Gasteiger charge is 2.11. The Morgan fingerprint density at radius 3 is 2.62 bits per heavy atom. The molecule has 3 rings (SSSR count). The number of thioether (sulfide) groups is 1. The van der Waals surface area contributed by atoms with E-state index < -0.39 is 11.4 Å². The van der Waals surface area contributed by atoms with Gasteiger partial charge in [-0.25, -0.2) is 9.97 Å². The fourth-order valence-electron chi connectivity index (χ4n) is 2.01. The van der Waals surface area contributed by atoms with Crippen molar-refractivity contribution in [3.05, 3.63) is 81.6 Å². The second-order valence-corrected chi connectivity index (χ2v) is 6.55. The van der Waals surface area contributed by atoms with Crippen molar-refractivity contribution in [2.24, 2.45) is 0 Å². The molecule has 0 amide bonds. The number of ether oxygens (including phenoxy) is 1. The number of aromatic nitrogens is 2. The van der Waals surface area contributed by atoms with Crippen molar-refractivity contribution in [1.82, 2.24) is 9.97 Å². The third-order valence-electron chi connectivity index (χ3n) is 3.22. The van der Waals surface area contributed by atoms with Gasteiger partial charge in [-0.2, -0.15) is 0 Å². The van der Waals surface area contributed by atoms with Crippen molar-refractivity contribution < 1.29 is 13.9 Å². The van der Waals surface area contributed by atoms with Crippen molar-refractivity contribution in [2.45, 2.75) is 17.3 Å². The Bertz CT molecular complexity index is 945. The van der Waals surface area contributed by atoms with Crippen molar-refractivity contribution in [2.75, 3.05) is 0 Å². The molecule has 8 heteroatoms.